The van der Waals surface area contributed by atoms with Crippen molar-refractivity contribution >= 4 is 23.2 Å². The Kier molecular flexibility index (Phi) is 2.24. The normalized spacial score (nSPS) is 10.7. The average Bonchev–Trinajstić information content (AvgIpc) is 2.97. The Morgan fingerprint density at radius 3 is 2.95 bits per heavy atom. The van der Waals surface area contributed by atoms with Gasteiger partial charge >= 0.3 is 17.7 Å². The van der Waals surface area contributed by atoms with E-state index in [0.29, 0.717) is 0 Å². The minimum absolute atomic E-state index is 0.0363. The molecule has 0 atom stereocenters. The fraction of sp³-hybridized carbons (Fsp3) is 0. The standard InChI is InChI=1S/C8H5N7O4/c16-5-3-4(11-6(17)12-5)15(1-9-3)8(18)13-7-14-10-2-19-7/h1-2H,(H,13,14,18)(H2,11,12,16,17). The zero-order chi connectivity index (χ0) is 13.4. The van der Waals surface area contributed by atoms with E-state index in [9.17, 15) is 14.4 Å². The highest BCUT2D eigenvalue weighted by Crippen LogP contribution is 2.05. The van der Waals surface area contributed by atoms with Crippen molar-refractivity contribution in [1.82, 2.24) is 29.7 Å². The summed E-state index contributed by atoms with van der Waals surface area (Å²) >= 11 is 0. The van der Waals surface area contributed by atoms with E-state index >= 15 is 0 Å². The first-order valence-electron chi connectivity index (χ1n) is 4.92. The molecular weight excluding hydrogens is 258 g/mol. The van der Waals surface area contributed by atoms with Gasteiger partial charge < -0.3 is 4.42 Å². The van der Waals surface area contributed by atoms with Gasteiger partial charge in [0.1, 0.15) is 6.33 Å². The Morgan fingerprint density at radius 2 is 2.21 bits per heavy atom. The van der Waals surface area contributed by atoms with Crippen LogP contribution < -0.4 is 16.6 Å². The van der Waals surface area contributed by atoms with Crippen molar-refractivity contribution in [1.29, 1.82) is 0 Å². The van der Waals surface area contributed by atoms with E-state index in [1.807, 2.05) is 4.98 Å². The third-order valence-electron chi connectivity index (χ3n) is 2.23. The van der Waals surface area contributed by atoms with E-state index in [4.69, 9.17) is 4.42 Å². The Balaban J connectivity index is 2.08. The van der Waals surface area contributed by atoms with Crippen LogP contribution in [0.2, 0.25) is 0 Å². The molecule has 3 rings (SSSR count). The second-order valence-corrected chi connectivity index (χ2v) is 3.39. The third kappa shape index (κ3) is 1.78. The maximum atomic E-state index is 11.9. The summed E-state index contributed by atoms with van der Waals surface area (Å²) in [6, 6.07) is -0.841. The summed E-state index contributed by atoms with van der Waals surface area (Å²) in [5.74, 6) is 0. The van der Waals surface area contributed by atoms with Crippen LogP contribution in [-0.4, -0.2) is 35.7 Å². The van der Waals surface area contributed by atoms with Gasteiger partial charge in [0.05, 0.1) is 0 Å². The lowest BCUT2D eigenvalue weighted by molar-refractivity contribution is 0.253. The molecule has 3 heterocycles. The largest absolute Gasteiger partial charge is 0.411 e. The number of hydrogen-bond donors (Lipinski definition) is 3. The van der Waals surface area contributed by atoms with Gasteiger partial charge in [-0.3, -0.25) is 20.1 Å². The molecule has 0 aliphatic rings. The minimum Gasteiger partial charge on any atom is -0.411 e. The van der Waals surface area contributed by atoms with Crippen LogP contribution in [0.15, 0.2) is 26.7 Å². The molecule has 11 heteroatoms. The van der Waals surface area contributed by atoms with Gasteiger partial charge in [0.25, 0.3) is 5.56 Å². The fourth-order valence-electron chi connectivity index (χ4n) is 1.47. The summed E-state index contributed by atoms with van der Waals surface area (Å²) in [5, 5.41) is 9.10. The number of nitrogens with one attached hydrogen (secondary N) is 3. The molecule has 0 aliphatic carbocycles. The van der Waals surface area contributed by atoms with Crippen LogP contribution in [0, 0.1) is 0 Å². The first kappa shape index (κ1) is 10.9. The highest BCUT2D eigenvalue weighted by Gasteiger charge is 2.15. The molecule has 0 aliphatic heterocycles. The van der Waals surface area contributed by atoms with Crippen LogP contribution in [0.25, 0.3) is 11.2 Å². The number of amides is 1. The number of nitrogens with zero attached hydrogens (tertiary/aromatic N) is 4. The first-order chi connectivity index (χ1) is 9.15. The Morgan fingerprint density at radius 1 is 1.37 bits per heavy atom. The number of imidazole rings is 1. The molecule has 19 heavy (non-hydrogen) atoms. The number of rotatable bonds is 1. The van der Waals surface area contributed by atoms with Crippen molar-refractivity contribution in [3.8, 4) is 0 Å². The predicted molar refractivity (Wildman–Crippen MR) is 59.7 cm³/mol. The second-order valence-electron chi connectivity index (χ2n) is 3.39. The molecule has 0 bridgehead atoms. The molecule has 0 unspecified atom stereocenters. The lowest BCUT2D eigenvalue weighted by Gasteiger charge is -2.01. The average molecular weight is 263 g/mol. The van der Waals surface area contributed by atoms with E-state index in [-0.39, 0.29) is 17.2 Å². The van der Waals surface area contributed by atoms with Gasteiger partial charge in [0.15, 0.2) is 11.2 Å². The van der Waals surface area contributed by atoms with Gasteiger partial charge in [-0.15, -0.1) is 5.10 Å². The first-order valence-corrected chi connectivity index (χ1v) is 4.92. The molecule has 3 N–H and O–H groups in total. The molecule has 0 spiro atoms. The summed E-state index contributed by atoms with van der Waals surface area (Å²) < 4.78 is 5.67. The van der Waals surface area contributed by atoms with E-state index < -0.39 is 17.3 Å². The van der Waals surface area contributed by atoms with Gasteiger partial charge in [0.2, 0.25) is 6.39 Å². The molecule has 0 radical (unpaired) electrons. The summed E-state index contributed by atoms with van der Waals surface area (Å²) in [5.41, 5.74) is -1.54. The number of fused-ring (bicyclic) bond motifs is 1. The van der Waals surface area contributed by atoms with Crippen molar-refractivity contribution in [3.05, 3.63) is 33.6 Å². The molecule has 0 saturated carbocycles. The third-order valence-corrected chi connectivity index (χ3v) is 2.23. The molecule has 1 amide bonds. The lowest BCUT2D eigenvalue weighted by atomic mass is 10.5. The van der Waals surface area contributed by atoms with Crippen molar-refractivity contribution < 1.29 is 9.21 Å². The quantitative estimate of drug-likeness (QED) is 0.502. The summed E-state index contributed by atoms with van der Waals surface area (Å²) in [6.45, 7) is 0. The van der Waals surface area contributed by atoms with Crippen LogP contribution in [-0.2, 0) is 0 Å². The van der Waals surface area contributed by atoms with Crippen molar-refractivity contribution in [2.24, 2.45) is 0 Å². The number of aromatic amines is 2. The summed E-state index contributed by atoms with van der Waals surface area (Å²) in [4.78, 5) is 42.5. The van der Waals surface area contributed by atoms with Crippen LogP contribution in [0.4, 0.5) is 10.8 Å². The topological polar surface area (TPSA) is 152 Å². The SMILES string of the molecule is O=C(Nc1nnco1)n1cnc2c(=O)[nH]c(=O)[nH]c21. The molecule has 0 saturated heterocycles. The molecule has 0 aromatic carbocycles. The predicted octanol–water partition coefficient (Wildman–Crippen LogP) is -1.12. The second kappa shape index (κ2) is 3.90. The molecule has 3 aromatic rings. The van der Waals surface area contributed by atoms with E-state index in [1.54, 1.807) is 0 Å². The van der Waals surface area contributed by atoms with Gasteiger partial charge in [-0.2, -0.15) is 0 Å². The molecule has 96 valence electrons. The molecule has 11 nitrogen and oxygen atoms in total. The maximum Gasteiger partial charge on any atom is 0.336 e. The minimum atomic E-state index is -0.746. The van der Waals surface area contributed by atoms with E-state index in [1.165, 1.54) is 0 Å². The van der Waals surface area contributed by atoms with Crippen molar-refractivity contribution in [3.63, 3.8) is 0 Å². The van der Waals surface area contributed by atoms with Gasteiger partial charge in [-0.05, 0) is 0 Å². The zero-order valence-electron chi connectivity index (χ0n) is 9.08. The lowest BCUT2D eigenvalue weighted by Crippen LogP contribution is -2.25. The monoisotopic (exact) mass is 263 g/mol. The van der Waals surface area contributed by atoms with Crippen LogP contribution in [0.3, 0.4) is 0 Å². The van der Waals surface area contributed by atoms with Crippen LogP contribution in [0.1, 0.15) is 0 Å². The number of aromatic nitrogens is 6. The van der Waals surface area contributed by atoms with E-state index in [0.717, 1.165) is 17.3 Å². The van der Waals surface area contributed by atoms with Crippen molar-refractivity contribution in [2.75, 3.05) is 5.32 Å². The van der Waals surface area contributed by atoms with Crippen molar-refractivity contribution in [2.45, 2.75) is 0 Å². The summed E-state index contributed by atoms with van der Waals surface area (Å²) in [6.07, 6.45) is 2.12. The van der Waals surface area contributed by atoms with Gasteiger partial charge in [-0.25, -0.2) is 19.1 Å². The smallest absolute Gasteiger partial charge is 0.336 e. The number of carbonyl (C=O) groups excluding carboxylic acids is 1. The Bertz CT molecular complexity index is 855. The Labute approximate surface area is 102 Å². The summed E-state index contributed by atoms with van der Waals surface area (Å²) in [7, 11) is 0. The number of H-pyrrole nitrogens is 2. The van der Waals surface area contributed by atoms with Gasteiger partial charge in [-0.1, -0.05) is 5.10 Å². The highest BCUT2D eigenvalue weighted by molar-refractivity contribution is 5.94. The number of carbonyl (C=O) groups is 1. The highest BCUT2D eigenvalue weighted by atomic mass is 16.4. The molecule has 3 aromatic heterocycles. The molecular formula is C8H5N7O4. The van der Waals surface area contributed by atoms with E-state index in [2.05, 4.69) is 25.5 Å². The number of anilines is 1. The Hall–Kier alpha value is -3.24. The zero-order valence-corrected chi connectivity index (χ0v) is 9.08. The van der Waals surface area contributed by atoms with Crippen LogP contribution in [0.5, 0.6) is 0 Å². The maximum absolute atomic E-state index is 11.9. The fourth-order valence-corrected chi connectivity index (χ4v) is 1.47. The van der Waals surface area contributed by atoms with Crippen LogP contribution >= 0.6 is 0 Å². The van der Waals surface area contributed by atoms with Gasteiger partial charge in [0, 0.05) is 0 Å². The number of hydrogen-bond acceptors (Lipinski definition) is 7. The molecule has 0 fully saturated rings.